The molecule has 0 atom stereocenters. The van der Waals surface area contributed by atoms with E-state index in [9.17, 15) is 0 Å². The van der Waals surface area contributed by atoms with Crippen LogP contribution in [0.5, 0.6) is 0 Å². The molecule has 0 bridgehead atoms. The van der Waals surface area contributed by atoms with Crippen LogP contribution in [0.25, 0.3) is 0 Å². The van der Waals surface area contributed by atoms with Gasteiger partial charge in [0.2, 0.25) is 0 Å². The van der Waals surface area contributed by atoms with Crippen LogP contribution in [-0.4, -0.2) is 16.4 Å². The average molecular weight is 115 g/mol. The third kappa shape index (κ3) is 1.23. The van der Waals surface area contributed by atoms with Crippen molar-refractivity contribution in [2.45, 2.75) is 0 Å². The van der Waals surface area contributed by atoms with Crippen LogP contribution < -0.4 is 0 Å². The smallest absolute Gasteiger partial charge is 0.121 e. The highest BCUT2D eigenvalue weighted by Gasteiger charge is 1.93. The van der Waals surface area contributed by atoms with Crippen molar-refractivity contribution in [3.8, 4) is 0 Å². The predicted octanol–water partition coefficient (Wildman–Crippen LogP) is 1.16. The van der Waals surface area contributed by atoms with Crippen molar-refractivity contribution in [1.29, 1.82) is 0 Å². The molecule has 1 heterocycles. The summed E-state index contributed by atoms with van der Waals surface area (Å²) >= 11 is 1.49. The van der Waals surface area contributed by atoms with E-state index in [-0.39, 0.29) is 0 Å². The van der Waals surface area contributed by atoms with Crippen LogP contribution >= 0.6 is 11.8 Å². The Hall–Kier alpha value is -0.440. The van der Waals surface area contributed by atoms with E-state index in [0.29, 0.717) is 11.5 Å². The Bertz CT molecular complexity index is 119. The molecule has 1 aliphatic heterocycles. The summed E-state index contributed by atoms with van der Waals surface area (Å²) in [6.07, 6.45) is 1.45. The van der Waals surface area contributed by atoms with Crippen molar-refractivity contribution < 1.29 is 5.11 Å². The van der Waals surface area contributed by atoms with Gasteiger partial charge in [-0.15, -0.1) is 11.8 Å². The van der Waals surface area contributed by atoms with Gasteiger partial charge in [-0.05, 0) is 0 Å². The molecular formula is C4H5NOS. The maximum Gasteiger partial charge on any atom is 0.121 e. The number of aliphatic hydroxyl groups excluding tert-OH is 1. The lowest BCUT2D eigenvalue weighted by Gasteiger charge is -1.96. The van der Waals surface area contributed by atoms with Crippen LogP contribution in [0, 0.1) is 0 Å². The van der Waals surface area contributed by atoms with Crippen molar-refractivity contribution in [3.05, 3.63) is 12.0 Å². The van der Waals surface area contributed by atoms with E-state index >= 15 is 0 Å². The normalized spacial score (nSPS) is 19.1. The first-order valence-electron chi connectivity index (χ1n) is 1.91. The van der Waals surface area contributed by atoms with E-state index in [2.05, 4.69) is 4.99 Å². The maximum absolute atomic E-state index is 8.64. The lowest BCUT2D eigenvalue weighted by Crippen LogP contribution is -1.87. The molecule has 0 spiro atoms. The van der Waals surface area contributed by atoms with Gasteiger partial charge in [0.05, 0.1) is 17.5 Å². The third-order valence-corrected chi connectivity index (χ3v) is 1.32. The first kappa shape index (κ1) is 4.71. The summed E-state index contributed by atoms with van der Waals surface area (Å²) in [4.78, 5) is 3.68. The molecule has 0 aromatic rings. The SMILES string of the molecule is OC1=CN=CSC1. The Balaban J connectivity index is 2.57. The molecule has 0 radical (unpaired) electrons. The van der Waals surface area contributed by atoms with Crippen molar-refractivity contribution >= 4 is 17.3 Å². The van der Waals surface area contributed by atoms with Crippen LogP contribution in [0.4, 0.5) is 0 Å². The second-order valence-electron chi connectivity index (χ2n) is 1.19. The summed E-state index contributed by atoms with van der Waals surface area (Å²) in [6.45, 7) is 0. The minimum absolute atomic E-state index is 0.354. The quantitative estimate of drug-likeness (QED) is 0.514. The summed E-state index contributed by atoms with van der Waals surface area (Å²) in [5, 5.41) is 8.64. The standard InChI is InChI=1S/C4H5NOS/c6-4-1-5-3-7-2-4/h1,3,6H,2H2. The molecule has 1 N–H and O–H groups in total. The molecule has 3 heteroatoms. The van der Waals surface area contributed by atoms with E-state index < -0.39 is 0 Å². The fraction of sp³-hybridized carbons (Fsp3) is 0.250. The fourth-order valence-electron chi connectivity index (χ4n) is 0.319. The molecule has 0 aromatic heterocycles. The van der Waals surface area contributed by atoms with E-state index in [1.165, 1.54) is 18.0 Å². The van der Waals surface area contributed by atoms with Gasteiger partial charge in [-0.1, -0.05) is 0 Å². The lowest BCUT2D eigenvalue weighted by atomic mass is 10.6. The molecule has 0 saturated heterocycles. The molecule has 0 unspecified atom stereocenters. The molecule has 1 rings (SSSR count). The number of aliphatic imine (C=N–C) groups is 1. The third-order valence-electron chi connectivity index (χ3n) is 0.590. The largest absolute Gasteiger partial charge is 0.510 e. The fourth-order valence-corrected chi connectivity index (χ4v) is 0.786. The van der Waals surface area contributed by atoms with Gasteiger partial charge >= 0.3 is 0 Å². The number of hydrogen-bond acceptors (Lipinski definition) is 3. The number of nitrogens with zero attached hydrogens (tertiary/aromatic N) is 1. The van der Waals surface area contributed by atoms with Crippen LogP contribution in [0.1, 0.15) is 0 Å². The molecule has 0 saturated carbocycles. The predicted molar refractivity (Wildman–Crippen MR) is 31.7 cm³/mol. The van der Waals surface area contributed by atoms with E-state index in [1.807, 2.05) is 0 Å². The highest BCUT2D eigenvalue weighted by molar-refractivity contribution is 8.12. The van der Waals surface area contributed by atoms with Gasteiger partial charge in [-0.25, -0.2) is 0 Å². The molecule has 1 aliphatic rings. The van der Waals surface area contributed by atoms with Crippen molar-refractivity contribution in [3.63, 3.8) is 0 Å². The summed E-state index contributed by atoms with van der Waals surface area (Å²) in [5.41, 5.74) is 1.71. The Morgan fingerprint density at radius 3 is 3.00 bits per heavy atom. The maximum atomic E-state index is 8.64. The van der Waals surface area contributed by atoms with E-state index in [0.717, 1.165) is 0 Å². The van der Waals surface area contributed by atoms with Gasteiger partial charge < -0.3 is 5.11 Å². The molecule has 0 aromatic carbocycles. The Labute approximate surface area is 46.0 Å². The molecule has 7 heavy (non-hydrogen) atoms. The Morgan fingerprint density at radius 2 is 2.71 bits per heavy atom. The number of rotatable bonds is 0. The first-order chi connectivity index (χ1) is 3.39. The summed E-state index contributed by atoms with van der Waals surface area (Å²) in [7, 11) is 0. The van der Waals surface area contributed by atoms with Crippen molar-refractivity contribution in [1.82, 2.24) is 0 Å². The van der Waals surface area contributed by atoms with Gasteiger partial charge in [0.25, 0.3) is 0 Å². The van der Waals surface area contributed by atoms with Gasteiger partial charge in [0.15, 0.2) is 0 Å². The zero-order valence-corrected chi connectivity index (χ0v) is 4.48. The topological polar surface area (TPSA) is 32.6 Å². The lowest BCUT2D eigenvalue weighted by molar-refractivity contribution is 0.415. The molecule has 0 aliphatic carbocycles. The first-order valence-corrected chi connectivity index (χ1v) is 2.96. The monoisotopic (exact) mass is 115 g/mol. The van der Waals surface area contributed by atoms with E-state index in [4.69, 9.17) is 5.11 Å². The van der Waals surface area contributed by atoms with Crippen LogP contribution in [0.2, 0.25) is 0 Å². The molecule has 0 amide bonds. The second-order valence-corrected chi connectivity index (χ2v) is 2.02. The molecule has 0 fully saturated rings. The summed E-state index contributed by atoms with van der Waals surface area (Å²) in [6, 6.07) is 0. The second kappa shape index (κ2) is 2.02. The molecule has 38 valence electrons. The highest BCUT2D eigenvalue weighted by atomic mass is 32.2. The minimum Gasteiger partial charge on any atom is -0.510 e. The van der Waals surface area contributed by atoms with Gasteiger partial charge in [0, 0.05) is 0 Å². The van der Waals surface area contributed by atoms with Crippen LogP contribution in [0.3, 0.4) is 0 Å². The summed E-state index contributed by atoms with van der Waals surface area (Å²) in [5.74, 6) is 1.02. The minimum atomic E-state index is 0.354. The van der Waals surface area contributed by atoms with Gasteiger partial charge in [0.1, 0.15) is 5.76 Å². The highest BCUT2D eigenvalue weighted by Crippen LogP contribution is 2.06. The Morgan fingerprint density at radius 1 is 1.86 bits per heavy atom. The average Bonchev–Trinajstić information content (AvgIpc) is 1.69. The van der Waals surface area contributed by atoms with Crippen molar-refractivity contribution in [2.24, 2.45) is 4.99 Å². The summed E-state index contributed by atoms with van der Waals surface area (Å²) < 4.78 is 0. The molecule has 2 nitrogen and oxygen atoms in total. The van der Waals surface area contributed by atoms with Crippen molar-refractivity contribution in [2.75, 3.05) is 5.75 Å². The number of aliphatic hydroxyl groups is 1. The zero-order valence-electron chi connectivity index (χ0n) is 3.66. The number of hydrogen-bond donors (Lipinski definition) is 1. The van der Waals surface area contributed by atoms with Crippen LogP contribution in [-0.2, 0) is 0 Å². The van der Waals surface area contributed by atoms with Gasteiger partial charge in [-0.3, -0.25) is 4.99 Å². The zero-order chi connectivity index (χ0) is 5.11. The van der Waals surface area contributed by atoms with Gasteiger partial charge in [-0.2, -0.15) is 0 Å². The Kier molecular flexibility index (Phi) is 1.36. The number of thioether (sulfide) groups is 1. The van der Waals surface area contributed by atoms with Crippen LogP contribution in [0.15, 0.2) is 17.0 Å². The van der Waals surface area contributed by atoms with E-state index in [1.54, 1.807) is 5.55 Å². The molecular weight excluding hydrogens is 110 g/mol.